The van der Waals surface area contributed by atoms with E-state index in [1.165, 1.54) is 56.8 Å². The summed E-state index contributed by atoms with van der Waals surface area (Å²) in [5.41, 5.74) is 4.68. The molecule has 0 amide bonds. The van der Waals surface area contributed by atoms with Gasteiger partial charge in [-0.2, -0.15) is 0 Å². The van der Waals surface area contributed by atoms with Crippen LogP contribution in [-0.4, -0.2) is 14.2 Å². The number of thiophene rings is 2. The maximum atomic E-state index is 5.19. The number of aromatic nitrogens is 3. The highest BCUT2D eigenvalue weighted by Crippen LogP contribution is 2.45. The summed E-state index contributed by atoms with van der Waals surface area (Å²) in [6.07, 6.45) is 0. The highest BCUT2D eigenvalue weighted by atomic mass is 32.1. The molecule has 9 rings (SSSR count). The van der Waals surface area contributed by atoms with E-state index in [2.05, 4.69) is 112 Å². The third kappa shape index (κ3) is 2.39. The summed E-state index contributed by atoms with van der Waals surface area (Å²) in [6, 6.07) is 37.3. The van der Waals surface area contributed by atoms with Crippen LogP contribution in [0.1, 0.15) is 0 Å². The summed E-state index contributed by atoms with van der Waals surface area (Å²) in [4.78, 5) is 0. The topological polar surface area (TPSA) is 22.2 Å². The maximum Gasteiger partial charge on any atom is 0.160 e. The van der Waals surface area contributed by atoms with Crippen LogP contribution in [0, 0.1) is 0 Å². The van der Waals surface area contributed by atoms with Crippen LogP contribution in [0.2, 0.25) is 0 Å². The summed E-state index contributed by atoms with van der Waals surface area (Å²) in [5, 5.41) is 11.6. The molecular weight excluding hydrogens is 478 g/mol. The SMILES string of the molecule is c1ccc2c(c1)ccc1cc(-n3c4cc5c(cc4c4sc6ccccc6c43)sc3ccccc35)nn12. The van der Waals surface area contributed by atoms with Gasteiger partial charge < -0.3 is 0 Å². The van der Waals surface area contributed by atoms with Gasteiger partial charge in [0.2, 0.25) is 0 Å². The Kier molecular flexibility index (Phi) is 3.56. The fourth-order valence-corrected chi connectivity index (χ4v) is 8.06. The number of hydrogen-bond donors (Lipinski definition) is 0. The Bertz CT molecular complexity index is 2330. The molecule has 5 aromatic heterocycles. The van der Waals surface area contributed by atoms with Crippen molar-refractivity contribution in [2.24, 2.45) is 0 Å². The molecule has 0 atom stereocenters. The van der Waals surface area contributed by atoms with Crippen molar-refractivity contribution >= 4 is 90.5 Å². The molecule has 5 heterocycles. The van der Waals surface area contributed by atoms with Gasteiger partial charge in [0.05, 0.1) is 26.8 Å². The average molecular weight is 496 g/mol. The number of rotatable bonds is 1. The average Bonchev–Trinajstić information content (AvgIpc) is 3.67. The highest BCUT2D eigenvalue weighted by molar-refractivity contribution is 7.27. The number of fused-ring (bicyclic) bond motifs is 11. The predicted octanol–water partition coefficient (Wildman–Crippen LogP) is 9.17. The van der Waals surface area contributed by atoms with Gasteiger partial charge in [-0.25, -0.2) is 4.52 Å². The standard InChI is InChI=1S/C31H17N3S2/c1-4-10-24-18(7-1)13-14-19-15-29(32-34(19)24)33-25-16-22-20-8-2-5-11-26(20)35-28(22)17-23(25)31-30(33)21-9-3-6-12-27(21)36-31/h1-17H. The number of benzene rings is 4. The van der Waals surface area contributed by atoms with Gasteiger partial charge >= 0.3 is 0 Å². The van der Waals surface area contributed by atoms with Crippen molar-refractivity contribution in [2.75, 3.05) is 0 Å². The van der Waals surface area contributed by atoms with Crippen LogP contribution >= 0.6 is 22.7 Å². The second-order valence-corrected chi connectivity index (χ2v) is 11.4. The van der Waals surface area contributed by atoms with Crippen molar-refractivity contribution in [2.45, 2.75) is 0 Å². The molecule has 0 saturated heterocycles. The van der Waals surface area contributed by atoms with Gasteiger partial charge in [-0.05, 0) is 36.4 Å². The molecule has 0 aliphatic carbocycles. The van der Waals surface area contributed by atoms with E-state index in [1.807, 2.05) is 22.7 Å². The molecule has 36 heavy (non-hydrogen) atoms. The zero-order valence-electron chi connectivity index (χ0n) is 19.0. The molecule has 168 valence electrons. The second-order valence-electron chi connectivity index (χ2n) is 9.31. The third-order valence-electron chi connectivity index (χ3n) is 7.33. The minimum absolute atomic E-state index is 0.953. The minimum atomic E-state index is 0.953. The van der Waals surface area contributed by atoms with Gasteiger partial charge in [0.25, 0.3) is 0 Å². The van der Waals surface area contributed by atoms with Gasteiger partial charge in [0.15, 0.2) is 5.82 Å². The molecule has 0 saturated carbocycles. The zero-order valence-corrected chi connectivity index (χ0v) is 20.6. The smallest absolute Gasteiger partial charge is 0.160 e. The maximum absolute atomic E-state index is 5.19. The minimum Gasteiger partial charge on any atom is -0.291 e. The van der Waals surface area contributed by atoms with Crippen molar-refractivity contribution in [1.82, 2.24) is 14.2 Å². The fourth-order valence-electron chi connectivity index (χ4n) is 5.72. The molecule has 0 radical (unpaired) electrons. The van der Waals surface area contributed by atoms with Crippen molar-refractivity contribution in [1.29, 1.82) is 0 Å². The lowest BCUT2D eigenvalue weighted by Crippen LogP contribution is -1.96. The largest absolute Gasteiger partial charge is 0.291 e. The quantitative estimate of drug-likeness (QED) is 0.222. The van der Waals surface area contributed by atoms with E-state index in [4.69, 9.17) is 5.10 Å². The molecule has 3 nitrogen and oxygen atoms in total. The Morgan fingerprint density at radius 1 is 0.556 bits per heavy atom. The first-order valence-corrected chi connectivity index (χ1v) is 13.6. The van der Waals surface area contributed by atoms with Crippen LogP contribution in [0.4, 0.5) is 0 Å². The summed E-state index contributed by atoms with van der Waals surface area (Å²) in [7, 11) is 0. The van der Waals surface area contributed by atoms with E-state index in [0.29, 0.717) is 0 Å². The molecule has 0 fully saturated rings. The Morgan fingerprint density at radius 3 is 2.25 bits per heavy atom. The monoisotopic (exact) mass is 495 g/mol. The van der Waals surface area contributed by atoms with Crippen LogP contribution in [-0.2, 0) is 0 Å². The Morgan fingerprint density at radius 2 is 1.33 bits per heavy atom. The van der Waals surface area contributed by atoms with E-state index in [1.54, 1.807) is 0 Å². The summed E-state index contributed by atoms with van der Waals surface area (Å²) >= 11 is 3.76. The molecule has 0 unspecified atom stereocenters. The van der Waals surface area contributed by atoms with E-state index >= 15 is 0 Å². The van der Waals surface area contributed by atoms with E-state index in [-0.39, 0.29) is 0 Å². The molecule has 0 N–H and O–H groups in total. The normalized spacial score (nSPS) is 12.4. The molecule has 0 bridgehead atoms. The van der Waals surface area contributed by atoms with Gasteiger partial charge in [-0.15, -0.1) is 27.8 Å². The molecule has 4 aromatic carbocycles. The Hall–Kier alpha value is -4.19. The van der Waals surface area contributed by atoms with Gasteiger partial charge in [-0.1, -0.05) is 60.7 Å². The van der Waals surface area contributed by atoms with E-state index < -0.39 is 0 Å². The zero-order chi connectivity index (χ0) is 23.4. The third-order valence-corrected chi connectivity index (χ3v) is 9.65. The Balaban J connectivity index is 1.49. The van der Waals surface area contributed by atoms with Crippen LogP contribution in [0.3, 0.4) is 0 Å². The highest BCUT2D eigenvalue weighted by Gasteiger charge is 2.21. The molecule has 0 aliphatic heterocycles. The summed E-state index contributed by atoms with van der Waals surface area (Å²) in [6.45, 7) is 0. The first-order valence-electron chi connectivity index (χ1n) is 12.0. The van der Waals surface area contributed by atoms with Gasteiger partial charge in [0.1, 0.15) is 0 Å². The van der Waals surface area contributed by atoms with Crippen LogP contribution in [0.5, 0.6) is 0 Å². The lowest BCUT2D eigenvalue weighted by Gasteiger charge is -2.04. The molecular formula is C31H17N3S2. The Labute approximate surface area is 213 Å². The van der Waals surface area contributed by atoms with Crippen LogP contribution < -0.4 is 0 Å². The molecule has 5 heteroatoms. The number of nitrogens with zero attached hydrogens (tertiary/aromatic N) is 3. The van der Waals surface area contributed by atoms with E-state index in [9.17, 15) is 0 Å². The fraction of sp³-hybridized carbons (Fsp3) is 0. The van der Waals surface area contributed by atoms with Crippen molar-refractivity contribution in [3.63, 3.8) is 0 Å². The second kappa shape index (κ2) is 6.72. The molecule has 9 aromatic rings. The number of pyridine rings is 1. The molecule has 0 spiro atoms. The number of hydrogen-bond acceptors (Lipinski definition) is 3. The molecule has 0 aliphatic rings. The van der Waals surface area contributed by atoms with Gasteiger partial charge in [-0.3, -0.25) is 4.57 Å². The van der Waals surface area contributed by atoms with Crippen molar-refractivity contribution in [3.8, 4) is 5.82 Å². The van der Waals surface area contributed by atoms with Crippen LogP contribution in [0.25, 0.3) is 73.6 Å². The predicted molar refractivity (Wildman–Crippen MR) is 155 cm³/mol. The van der Waals surface area contributed by atoms with Crippen molar-refractivity contribution in [3.05, 3.63) is 103 Å². The van der Waals surface area contributed by atoms with Crippen molar-refractivity contribution < 1.29 is 0 Å². The lowest BCUT2D eigenvalue weighted by atomic mass is 10.1. The summed E-state index contributed by atoms with van der Waals surface area (Å²) < 4.78 is 9.77. The lowest BCUT2D eigenvalue weighted by molar-refractivity contribution is 0.953. The van der Waals surface area contributed by atoms with Crippen LogP contribution in [0.15, 0.2) is 103 Å². The van der Waals surface area contributed by atoms with E-state index in [0.717, 1.165) is 16.9 Å². The first-order chi connectivity index (χ1) is 17.8. The summed E-state index contributed by atoms with van der Waals surface area (Å²) in [5.74, 6) is 0.953. The van der Waals surface area contributed by atoms with Gasteiger partial charge in [0, 0.05) is 47.1 Å². The first kappa shape index (κ1) is 19.1. The number of para-hydroxylation sites is 1.